The number of halogens is 1. The predicted molar refractivity (Wildman–Crippen MR) is 117 cm³/mol. The van der Waals surface area contributed by atoms with Crippen molar-refractivity contribution in [3.8, 4) is 0 Å². The van der Waals surface area contributed by atoms with Gasteiger partial charge in [-0.1, -0.05) is 35.4 Å². The standard InChI is InChI=1S/C23H27ClN4/c1-27-17-21(28-15-13-25-14-16-28)10-12-23(27)26-22(11-5-18-3-2-4-18)19-6-8-20(24)9-7-19/h5-12,17,25H,2-4,13-16H2,1H3/b22-11-,26-23?. The maximum atomic E-state index is 6.08. The molecule has 0 spiro atoms. The highest BCUT2D eigenvalue weighted by atomic mass is 35.5. The monoisotopic (exact) mass is 394 g/mol. The van der Waals surface area contributed by atoms with Crippen molar-refractivity contribution in [2.45, 2.75) is 19.3 Å². The second-order valence-corrected chi connectivity index (χ2v) is 7.88. The van der Waals surface area contributed by atoms with E-state index in [1.54, 1.807) is 0 Å². The average Bonchev–Trinajstić information content (AvgIpc) is 2.68. The van der Waals surface area contributed by atoms with E-state index in [-0.39, 0.29) is 0 Å². The van der Waals surface area contributed by atoms with Crippen LogP contribution in [0.4, 0.5) is 5.69 Å². The smallest absolute Gasteiger partial charge is 0.133 e. The van der Waals surface area contributed by atoms with Crippen molar-refractivity contribution in [2.75, 3.05) is 31.1 Å². The van der Waals surface area contributed by atoms with Crippen molar-refractivity contribution in [1.82, 2.24) is 9.88 Å². The number of nitrogens with one attached hydrogen (secondary N) is 1. The normalized spacial score (nSPS) is 18.2. The summed E-state index contributed by atoms with van der Waals surface area (Å²) in [6.45, 7) is 4.15. The molecule has 0 bridgehead atoms. The Morgan fingerprint density at radius 3 is 2.46 bits per heavy atom. The third kappa shape index (κ3) is 4.57. The zero-order valence-electron chi connectivity index (χ0n) is 16.4. The number of hydrogen-bond donors (Lipinski definition) is 1. The SMILES string of the molecule is Cn1cc(N2CCNCC2)ccc1=N/C(=C\C=C1CCC1)c1ccc(Cl)cc1. The summed E-state index contributed by atoms with van der Waals surface area (Å²) in [5, 5.41) is 4.14. The van der Waals surface area contributed by atoms with Crippen LogP contribution in [0.2, 0.25) is 5.02 Å². The number of nitrogens with zero attached hydrogens (tertiary/aromatic N) is 3. The molecule has 1 aromatic heterocycles. The molecule has 146 valence electrons. The van der Waals surface area contributed by atoms with Crippen molar-refractivity contribution < 1.29 is 0 Å². The maximum Gasteiger partial charge on any atom is 0.133 e. The first kappa shape index (κ1) is 19.0. The van der Waals surface area contributed by atoms with E-state index in [2.05, 4.69) is 52.3 Å². The summed E-state index contributed by atoms with van der Waals surface area (Å²) in [5.74, 6) is 0. The Balaban J connectivity index is 1.68. The highest BCUT2D eigenvalue weighted by Crippen LogP contribution is 2.26. The first-order chi connectivity index (χ1) is 13.7. The number of benzene rings is 1. The summed E-state index contributed by atoms with van der Waals surface area (Å²) in [5.41, 5.74) is 5.72. The highest BCUT2D eigenvalue weighted by Gasteiger charge is 2.11. The third-order valence-electron chi connectivity index (χ3n) is 5.42. The number of anilines is 1. The van der Waals surface area contributed by atoms with Crippen molar-refractivity contribution in [3.05, 3.63) is 76.4 Å². The number of pyridine rings is 1. The molecule has 0 atom stereocenters. The van der Waals surface area contributed by atoms with E-state index in [0.717, 1.165) is 47.9 Å². The van der Waals surface area contributed by atoms with E-state index < -0.39 is 0 Å². The Bertz CT molecular complexity index is 941. The topological polar surface area (TPSA) is 32.6 Å². The summed E-state index contributed by atoms with van der Waals surface area (Å²) in [6, 6.07) is 12.2. The Kier molecular flexibility index (Phi) is 5.98. The van der Waals surface area contributed by atoms with Crippen LogP contribution in [-0.2, 0) is 7.05 Å². The van der Waals surface area contributed by atoms with E-state index in [0.29, 0.717) is 0 Å². The minimum atomic E-state index is 0.742. The summed E-state index contributed by atoms with van der Waals surface area (Å²) in [4.78, 5) is 7.39. The fraction of sp³-hybridized carbons (Fsp3) is 0.348. The molecule has 0 amide bonds. The minimum Gasteiger partial charge on any atom is -0.368 e. The lowest BCUT2D eigenvalue weighted by atomic mass is 9.92. The molecule has 1 aliphatic heterocycles. The Labute approximate surface area is 171 Å². The van der Waals surface area contributed by atoms with Gasteiger partial charge in [-0.2, -0.15) is 0 Å². The van der Waals surface area contributed by atoms with Gasteiger partial charge in [0.2, 0.25) is 0 Å². The van der Waals surface area contributed by atoms with Crippen LogP contribution in [0.1, 0.15) is 24.8 Å². The molecule has 1 saturated heterocycles. The van der Waals surface area contributed by atoms with Crippen LogP contribution in [0, 0.1) is 0 Å². The van der Waals surface area contributed by atoms with E-state index in [1.165, 1.54) is 30.5 Å². The fourth-order valence-electron chi connectivity index (χ4n) is 3.50. The lowest BCUT2D eigenvalue weighted by Crippen LogP contribution is -2.43. The first-order valence-corrected chi connectivity index (χ1v) is 10.4. The van der Waals surface area contributed by atoms with Gasteiger partial charge in [-0.3, -0.25) is 0 Å². The van der Waals surface area contributed by atoms with Crippen LogP contribution in [0.15, 0.2) is 65.3 Å². The van der Waals surface area contributed by atoms with Gasteiger partial charge in [-0.15, -0.1) is 0 Å². The Hall–Kier alpha value is -2.30. The maximum absolute atomic E-state index is 6.08. The second-order valence-electron chi connectivity index (χ2n) is 7.44. The molecule has 0 unspecified atom stereocenters. The van der Waals surface area contributed by atoms with E-state index in [4.69, 9.17) is 16.6 Å². The largest absolute Gasteiger partial charge is 0.368 e. The molecule has 5 heteroatoms. The number of allylic oxidation sites excluding steroid dienone is 3. The van der Waals surface area contributed by atoms with Crippen LogP contribution >= 0.6 is 11.6 Å². The molecular weight excluding hydrogens is 368 g/mol. The molecule has 4 rings (SSSR count). The average molecular weight is 395 g/mol. The van der Waals surface area contributed by atoms with Crippen molar-refractivity contribution in [3.63, 3.8) is 0 Å². The number of hydrogen-bond acceptors (Lipinski definition) is 3. The van der Waals surface area contributed by atoms with E-state index in [1.807, 2.05) is 24.3 Å². The number of piperazine rings is 1. The molecule has 4 nitrogen and oxygen atoms in total. The van der Waals surface area contributed by atoms with Crippen molar-refractivity contribution in [2.24, 2.45) is 12.0 Å². The van der Waals surface area contributed by atoms with Crippen LogP contribution in [0.3, 0.4) is 0 Å². The second kappa shape index (κ2) is 8.80. The molecule has 2 aromatic rings. The van der Waals surface area contributed by atoms with Gasteiger partial charge in [0.25, 0.3) is 0 Å². The zero-order chi connectivity index (χ0) is 19.3. The summed E-state index contributed by atoms with van der Waals surface area (Å²) in [6.07, 6.45) is 10.3. The van der Waals surface area contributed by atoms with Crippen molar-refractivity contribution >= 4 is 23.0 Å². The third-order valence-corrected chi connectivity index (χ3v) is 5.67. The van der Waals surface area contributed by atoms with Gasteiger partial charge in [0.05, 0.1) is 11.4 Å². The predicted octanol–water partition coefficient (Wildman–Crippen LogP) is 4.14. The number of rotatable bonds is 4. The molecular formula is C23H27ClN4. The summed E-state index contributed by atoms with van der Waals surface area (Å²) >= 11 is 6.08. The highest BCUT2D eigenvalue weighted by molar-refractivity contribution is 6.30. The zero-order valence-corrected chi connectivity index (χ0v) is 17.1. The molecule has 2 aliphatic rings. The van der Waals surface area contributed by atoms with Crippen molar-refractivity contribution in [1.29, 1.82) is 0 Å². The fourth-order valence-corrected chi connectivity index (χ4v) is 3.62. The van der Waals surface area contributed by atoms with Crippen LogP contribution in [0.25, 0.3) is 5.70 Å². The molecule has 28 heavy (non-hydrogen) atoms. The van der Waals surface area contributed by atoms with Gasteiger partial charge < -0.3 is 14.8 Å². The van der Waals surface area contributed by atoms with E-state index >= 15 is 0 Å². The lowest BCUT2D eigenvalue weighted by Gasteiger charge is -2.29. The number of aromatic nitrogens is 1. The van der Waals surface area contributed by atoms with Crippen LogP contribution in [0.5, 0.6) is 0 Å². The van der Waals surface area contributed by atoms with Gasteiger partial charge >= 0.3 is 0 Å². The lowest BCUT2D eigenvalue weighted by molar-refractivity contribution is 0.587. The van der Waals surface area contributed by atoms with Gasteiger partial charge in [0.1, 0.15) is 5.49 Å². The van der Waals surface area contributed by atoms with E-state index in [9.17, 15) is 0 Å². The molecule has 1 aromatic carbocycles. The molecule has 0 radical (unpaired) electrons. The Morgan fingerprint density at radius 1 is 1.07 bits per heavy atom. The van der Waals surface area contributed by atoms with Gasteiger partial charge in [-0.25, -0.2) is 4.99 Å². The minimum absolute atomic E-state index is 0.742. The molecule has 1 N–H and O–H groups in total. The summed E-state index contributed by atoms with van der Waals surface area (Å²) < 4.78 is 2.11. The van der Waals surface area contributed by atoms with Gasteiger partial charge in [0, 0.05) is 50.0 Å². The van der Waals surface area contributed by atoms with Gasteiger partial charge in [0.15, 0.2) is 0 Å². The Morgan fingerprint density at radius 2 is 1.82 bits per heavy atom. The number of aryl methyl sites for hydroxylation is 1. The molecule has 1 saturated carbocycles. The first-order valence-electron chi connectivity index (χ1n) is 10.0. The summed E-state index contributed by atoms with van der Waals surface area (Å²) in [7, 11) is 2.06. The quantitative estimate of drug-likeness (QED) is 0.845. The van der Waals surface area contributed by atoms with Gasteiger partial charge in [-0.05, 0) is 49.6 Å². The molecule has 2 heterocycles. The molecule has 2 fully saturated rings. The van der Waals surface area contributed by atoms with Crippen LogP contribution < -0.4 is 15.7 Å². The van der Waals surface area contributed by atoms with Crippen LogP contribution in [-0.4, -0.2) is 30.7 Å². The molecule has 1 aliphatic carbocycles.